The average molecular weight is 794 g/mol. The molecule has 10 aromatic carbocycles. The van der Waals surface area contributed by atoms with Crippen LogP contribution >= 0.6 is 11.3 Å². The summed E-state index contributed by atoms with van der Waals surface area (Å²) in [6.45, 7) is 0. The van der Waals surface area contributed by atoms with Gasteiger partial charge in [-0.1, -0.05) is 182 Å². The molecule has 3 heteroatoms. The second-order valence-corrected chi connectivity index (χ2v) is 17.3. The van der Waals surface area contributed by atoms with Crippen LogP contribution in [0, 0.1) is 0 Å². The summed E-state index contributed by atoms with van der Waals surface area (Å²) in [4.78, 5) is 14.0. The molecular weight excluding hydrogens is 759 g/mol. The molecule has 12 aromatic rings. The lowest BCUT2D eigenvalue weighted by Crippen LogP contribution is -2.28. The van der Waals surface area contributed by atoms with Crippen LogP contribution in [0.3, 0.4) is 0 Å². The van der Waals surface area contributed by atoms with Gasteiger partial charge >= 0.3 is 0 Å². The molecule has 0 amide bonds. The number of rotatable bonds is 4. The van der Waals surface area contributed by atoms with Gasteiger partial charge in [-0.2, -0.15) is 0 Å². The van der Waals surface area contributed by atoms with Crippen LogP contribution < -0.4 is 5.43 Å². The molecule has 1 aliphatic rings. The monoisotopic (exact) mass is 793 g/mol. The predicted octanol–water partition coefficient (Wildman–Crippen LogP) is 14.8. The standard InChI is InChI=1S/C58H35NOS/c60-55-41-20-8-7-15-36(41)29-30-37-31-32-38(33-47(37)55)42-23-13-24-45-46-25-14-28-53(57(46)61-56(42)45)59-52-27-12-10-22-44(52)49-34-51-48(35-54(49)59)43-21-9-11-26-50(43)58(51,39-16-3-1-4-17-39)40-18-5-2-6-19-40/h1-35H. The Morgan fingerprint density at radius 1 is 0.377 bits per heavy atom. The molecule has 0 unspecified atom stereocenters. The van der Waals surface area contributed by atoms with Crippen molar-refractivity contribution in [2.45, 2.75) is 5.41 Å². The van der Waals surface area contributed by atoms with E-state index in [1.807, 2.05) is 35.6 Å². The van der Waals surface area contributed by atoms with Crippen molar-refractivity contribution < 1.29 is 0 Å². The van der Waals surface area contributed by atoms with Gasteiger partial charge in [-0.15, -0.1) is 11.3 Å². The zero-order chi connectivity index (χ0) is 40.2. The Hall–Kier alpha value is -7.59. The number of benzene rings is 9. The predicted molar refractivity (Wildman–Crippen MR) is 258 cm³/mol. The maximum Gasteiger partial charge on any atom is 0.194 e. The third kappa shape index (κ3) is 4.75. The Kier molecular flexibility index (Phi) is 7.28. The fourth-order valence-corrected chi connectivity index (χ4v) is 12.0. The van der Waals surface area contributed by atoms with Gasteiger partial charge < -0.3 is 4.57 Å². The molecule has 0 aliphatic heterocycles. The summed E-state index contributed by atoms with van der Waals surface area (Å²) in [5, 5.41) is 8.30. The minimum absolute atomic E-state index is 0.0634. The number of hydrogen-bond acceptors (Lipinski definition) is 2. The highest BCUT2D eigenvalue weighted by Crippen LogP contribution is 2.57. The second kappa shape index (κ2) is 13.0. The van der Waals surface area contributed by atoms with Crippen molar-refractivity contribution in [1.29, 1.82) is 0 Å². The molecule has 0 fully saturated rings. The Morgan fingerprint density at radius 3 is 1.79 bits per heavy atom. The van der Waals surface area contributed by atoms with Gasteiger partial charge in [0.1, 0.15) is 0 Å². The van der Waals surface area contributed by atoms with E-state index in [-0.39, 0.29) is 5.43 Å². The van der Waals surface area contributed by atoms with Gasteiger partial charge in [0.15, 0.2) is 5.43 Å². The van der Waals surface area contributed by atoms with Crippen LogP contribution in [0.5, 0.6) is 0 Å². The van der Waals surface area contributed by atoms with Crippen molar-refractivity contribution in [3.63, 3.8) is 0 Å². The molecule has 2 aromatic heterocycles. The van der Waals surface area contributed by atoms with E-state index in [1.165, 1.54) is 81.0 Å². The van der Waals surface area contributed by atoms with E-state index in [0.717, 1.165) is 32.7 Å². The molecule has 0 N–H and O–H groups in total. The Morgan fingerprint density at radius 2 is 0.984 bits per heavy atom. The molecule has 2 nitrogen and oxygen atoms in total. The van der Waals surface area contributed by atoms with E-state index < -0.39 is 5.41 Å². The highest BCUT2D eigenvalue weighted by Gasteiger charge is 2.46. The topological polar surface area (TPSA) is 22.0 Å². The van der Waals surface area contributed by atoms with Crippen molar-refractivity contribution in [2.75, 3.05) is 0 Å². The maximum absolute atomic E-state index is 14.0. The van der Waals surface area contributed by atoms with Gasteiger partial charge in [-0.05, 0) is 85.6 Å². The van der Waals surface area contributed by atoms with Crippen molar-refractivity contribution >= 4 is 74.9 Å². The summed E-state index contributed by atoms with van der Waals surface area (Å²) < 4.78 is 4.95. The third-order valence-corrected chi connectivity index (χ3v) is 14.5. The first-order valence-electron chi connectivity index (χ1n) is 20.9. The fraction of sp³-hybridized carbons (Fsp3) is 0.0172. The molecule has 0 atom stereocenters. The number of nitrogens with zero attached hydrogens (tertiary/aromatic N) is 1. The zero-order valence-corrected chi connectivity index (χ0v) is 33.8. The molecule has 0 saturated carbocycles. The summed E-state index contributed by atoms with van der Waals surface area (Å²) in [6.07, 6.45) is 0. The smallest absolute Gasteiger partial charge is 0.194 e. The lowest BCUT2D eigenvalue weighted by molar-refractivity contribution is 0.769. The first kappa shape index (κ1) is 34.3. The molecular formula is C58H35NOS. The fourth-order valence-electron chi connectivity index (χ4n) is 10.6. The van der Waals surface area contributed by atoms with Crippen LogP contribution in [0.1, 0.15) is 22.3 Å². The second-order valence-electron chi connectivity index (χ2n) is 16.3. The molecule has 2 heterocycles. The Bertz CT molecular complexity index is 3800. The van der Waals surface area contributed by atoms with Crippen molar-refractivity contribution in [3.05, 3.63) is 245 Å². The number of thiophene rings is 1. The minimum Gasteiger partial charge on any atom is -0.308 e. The van der Waals surface area contributed by atoms with E-state index in [9.17, 15) is 4.79 Å². The van der Waals surface area contributed by atoms with Crippen LogP contribution in [0.25, 0.3) is 91.5 Å². The van der Waals surface area contributed by atoms with Crippen LogP contribution in [0.15, 0.2) is 217 Å². The van der Waals surface area contributed by atoms with Crippen LogP contribution in [-0.4, -0.2) is 4.57 Å². The Balaban J connectivity index is 1.08. The molecule has 284 valence electrons. The molecule has 0 radical (unpaired) electrons. The summed E-state index contributed by atoms with van der Waals surface area (Å²) in [5.41, 5.74) is 13.0. The summed E-state index contributed by atoms with van der Waals surface area (Å²) in [5.74, 6) is 0. The van der Waals surface area contributed by atoms with Gasteiger partial charge in [0.25, 0.3) is 0 Å². The first-order valence-corrected chi connectivity index (χ1v) is 21.7. The minimum atomic E-state index is -0.478. The van der Waals surface area contributed by atoms with E-state index in [0.29, 0.717) is 0 Å². The van der Waals surface area contributed by atoms with Gasteiger partial charge in [0.05, 0.1) is 26.8 Å². The molecule has 1 aliphatic carbocycles. The number of hydrogen-bond donors (Lipinski definition) is 0. The van der Waals surface area contributed by atoms with Gasteiger partial charge in [-0.3, -0.25) is 4.79 Å². The summed E-state index contributed by atoms with van der Waals surface area (Å²) >= 11 is 1.84. The van der Waals surface area contributed by atoms with E-state index in [2.05, 4.69) is 193 Å². The molecule has 0 bridgehead atoms. The number of aromatic nitrogens is 1. The third-order valence-electron chi connectivity index (χ3n) is 13.3. The quantitative estimate of drug-likeness (QED) is 0.174. The van der Waals surface area contributed by atoms with Gasteiger partial charge in [-0.25, -0.2) is 0 Å². The van der Waals surface area contributed by atoms with Crippen LogP contribution in [0.2, 0.25) is 0 Å². The number of para-hydroxylation sites is 1. The summed E-state index contributed by atoms with van der Waals surface area (Å²) in [6, 6.07) is 76.7. The van der Waals surface area contributed by atoms with E-state index in [1.54, 1.807) is 0 Å². The largest absolute Gasteiger partial charge is 0.308 e. The lowest BCUT2D eigenvalue weighted by Gasteiger charge is -2.33. The van der Waals surface area contributed by atoms with Crippen molar-refractivity contribution in [3.8, 4) is 27.9 Å². The number of fused-ring (bicyclic) bond motifs is 11. The Labute approximate surface area is 355 Å². The molecule has 0 saturated heterocycles. The zero-order valence-electron chi connectivity index (χ0n) is 33.0. The van der Waals surface area contributed by atoms with Crippen LogP contribution in [0.4, 0.5) is 0 Å². The van der Waals surface area contributed by atoms with E-state index in [4.69, 9.17) is 0 Å². The lowest BCUT2D eigenvalue weighted by atomic mass is 9.67. The molecule has 61 heavy (non-hydrogen) atoms. The van der Waals surface area contributed by atoms with Gasteiger partial charge in [0, 0.05) is 37.0 Å². The molecule has 0 spiro atoms. The highest BCUT2D eigenvalue weighted by atomic mass is 32.1. The van der Waals surface area contributed by atoms with Crippen molar-refractivity contribution in [2.24, 2.45) is 0 Å². The summed E-state index contributed by atoms with van der Waals surface area (Å²) in [7, 11) is 0. The molecule has 13 rings (SSSR count). The first-order chi connectivity index (χ1) is 30.2. The highest BCUT2D eigenvalue weighted by molar-refractivity contribution is 7.26. The van der Waals surface area contributed by atoms with Crippen molar-refractivity contribution in [1.82, 2.24) is 4.57 Å². The van der Waals surface area contributed by atoms with Crippen LogP contribution in [-0.2, 0) is 5.41 Å². The maximum atomic E-state index is 14.0. The van der Waals surface area contributed by atoms with Gasteiger partial charge in [0.2, 0.25) is 0 Å². The van der Waals surface area contributed by atoms with E-state index >= 15 is 0 Å². The normalized spacial score (nSPS) is 13.1. The SMILES string of the molecule is O=c1c2ccccc2ccc2ccc(-c3cccc4c3sc3c(-n5c6ccccc6c6cc7c(cc65)-c5ccccc5C7(c5ccccc5)c5ccccc5)cccc34)cc12. The average Bonchev–Trinajstić information content (AvgIpc) is 3.93.